The Hall–Kier alpha value is -5.21. The minimum absolute atomic E-state index is 0.0669. The van der Waals surface area contributed by atoms with Crippen molar-refractivity contribution in [3.63, 3.8) is 0 Å². The van der Waals surface area contributed by atoms with Crippen LogP contribution in [-0.2, 0) is 11.5 Å². The summed E-state index contributed by atoms with van der Waals surface area (Å²) in [7, 11) is 1.62. The number of nitrogens with zero attached hydrogens (tertiary/aromatic N) is 3. The molecule has 0 saturated carbocycles. The van der Waals surface area contributed by atoms with Gasteiger partial charge in [-0.15, -0.1) is 0 Å². The summed E-state index contributed by atoms with van der Waals surface area (Å²) in [6, 6.07) is 32.6. The van der Waals surface area contributed by atoms with E-state index in [-0.39, 0.29) is 12.6 Å². The largest absolute Gasteiger partial charge is 0.439 e. The van der Waals surface area contributed by atoms with Gasteiger partial charge in [0, 0.05) is 28.4 Å². The first-order valence-electron chi connectivity index (χ1n) is 13.3. The van der Waals surface area contributed by atoms with Crippen molar-refractivity contribution in [3.05, 3.63) is 132 Å². The molecule has 206 valence electrons. The second-order valence-corrected chi connectivity index (χ2v) is 10.6. The van der Waals surface area contributed by atoms with Gasteiger partial charge in [0.15, 0.2) is 6.73 Å². The SMILES string of the molecule is CNC(=O)c1ccccc1Sc1ccc2c(/C=C/c3ccccn3)nn(COC(=O)c3ccc4ccccc4c3)c2c1. The summed E-state index contributed by atoms with van der Waals surface area (Å²) < 4.78 is 7.42. The molecule has 0 unspecified atom stereocenters. The molecule has 0 bridgehead atoms. The lowest BCUT2D eigenvalue weighted by Gasteiger charge is -2.09. The molecule has 0 radical (unpaired) electrons. The lowest BCUT2D eigenvalue weighted by atomic mass is 10.1. The van der Waals surface area contributed by atoms with Crippen molar-refractivity contribution in [2.45, 2.75) is 16.5 Å². The molecular formula is C34H26N4O3S. The van der Waals surface area contributed by atoms with Gasteiger partial charge in [0.25, 0.3) is 5.91 Å². The molecule has 7 nitrogen and oxygen atoms in total. The van der Waals surface area contributed by atoms with Crippen molar-refractivity contribution in [1.29, 1.82) is 0 Å². The lowest BCUT2D eigenvalue weighted by Crippen LogP contribution is -2.18. The Morgan fingerprint density at radius 1 is 0.881 bits per heavy atom. The van der Waals surface area contributed by atoms with Crippen molar-refractivity contribution in [2.24, 2.45) is 0 Å². The molecule has 0 atom stereocenters. The number of benzene rings is 4. The van der Waals surface area contributed by atoms with E-state index in [4.69, 9.17) is 9.84 Å². The average molecular weight is 571 g/mol. The first kappa shape index (κ1) is 27.0. The van der Waals surface area contributed by atoms with Gasteiger partial charge >= 0.3 is 5.97 Å². The van der Waals surface area contributed by atoms with E-state index in [0.29, 0.717) is 11.1 Å². The topological polar surface area (TPSA) is 86.1 Å². The van der Waals surface area contributed by atoms with Crippen molar-refractivity contribution in [2.75, 3.05) is 7.05 Å². The third-order valence-corrected chi connectivity index (χ3v) is 7.81. The van der Waals surface area contributed by atoms with Crippen LogP contribution in [0.1, 0.15) is 32.1 Å². The molecule has 2 aromatic heterocycles. The standard InChI is InChI=1S/C34H26N4O3S/c1-35-33(39)29-11-4-5-12-32(29)42-27-16-17-28-30(18-15-26-10-6-7-19-36-26)37-38(31(28)21-27)22-41-34(40)25-14-13-23-8-2-3-9-24(23)20-25/h2-21H,22H2,1H3,(H,35,39)/b18-15+. The summed E-state index contributed by atoms with van der Waals surface area (Å²) >= 11 is 1.49. The van der Waals surface area contributed by atoms with E-state index in [2.05, 4.69) is 10.3 Å². The Morgan fingerprint density at radius 3 is 2.52 bits per heavy atom. The molecule has 0 spiro atoms. The second kappa shape index (κ2) is 12.1. The predicted octanol–water partition coefficient (Wildman–Crippen LogP) is 7.08. The third-order valence-electron chi connectivity index (χ3n) is 6.74. The van der Waals surface area contributed by atoms with Gasteiger partial charge in [-0.1, -0.05) is 60.3 Å². The lowest BCUT2D eigenvalue weighted by molar-refractivity contribution is 0.0358. The highest BCUT2D eigenvalue weighted by molar-refractivity contribution is 7.99. The Balaban J connectivity index is 1.32. The molecule has 42 heavy (non-hydrogen) atoms. The number of amides is 1. The van der Waals surface area contributed by atoms with Gasteiger partial charge in [-0.2, -0.15) is 5.10 Å². The number of carbonyl (C=O) groups is 2. The second-order valence-electron chi connectivity index (χ2n) is 9.45. The maximum absolute atomic E-state index is 13.0. The molecule has 8 heteroatoms. The Morgan fingerprint density at radius 2 is 1.69 bits per heavy atom. The molecule has 6 aromatic rings. The molecule has 6 rings (SSSR count). The molecule has 0 saturated heterocycles. The Labute approximate surface area is 246 Å². The van der Waals surface area contributed by atoms with E-state index in [9.17, 15) is 9.59 Å². The van der Waals surface area contributed by atoms with Gasteiger partial charge in [-0.05, 0) is 77.5 Å². The first-order chi connectivity index (χ1) is 20.6. The average Bonchev–Trinajstić information content (AvgIpc) is 3.39. The summed E-state index contributed by atoms with van der Waals surface area (Å²) in [6.07, 6.45) is 5.54. The van der Waals surface area contributed by atoms with E-state index >= 15 is 0 Å². The number of pyridine rings is 1. The highest BCUT2D eigenvalue weighted by Gasteiger charge is 2.15. The maximum Gasteiger partial charge on any atom is 0.339 e. The number of fused-ring (bicyclic) bond motifs is 2. The van der Waals surface area contributed by atoms with E-state index in [1.54, 1.807) is 30.1 Å². The first-order valence-corrected chi connectivity index (χ1v) is 14.2. The van der Waals surface area contributed by atoms with E-state index in [1.165, 1.54) is 11.8 Å². The summed E-state index contributed by atoms with van der Waals surface area (Å²) in [4.78, 5) is 31.6. The summed E-state index contributed by atoms with van der Waals surface area (Å²) in [5.41, 5.74) is 3.40. The third kappa shape index (κ3) is 5.80. The zero-order valence-corrected chi connectivity index (χ0v) is 23.5. The molecule has 0 aliphatic rings. The fraction of sp³-hybridized carbons (Fsp3) is 0.0588. The van der Waals surface area contributed by atoms with Gasteiger partial charge in [-0.25, -0.2) is 9.48 Å². The van der Waals surface area contributed by atoms with Crippen molar-refractivity contribution < 1.29 is 14.3 Å². The van der Waals surface area contributed by atoms with Gasteiger partial charge < -0.3 is 10.1 Å². The van der Waals surface area contributed by atoms with Crippen LogP contribution in [0.15, 0.2) is 119 Å². The van der Waals surface area contributed by atoms with Gasteiger partial charge in [0.1, 0.15) is 0 Å². The van der Waals surface area contributed by atoms with E-state index in [1.807, 2.05) is 103 Å². The number of aromatic nitrogens is 3. The number of carbonyl (C=O) groups excluding carboxylic acids is 2. The van der Waals surface area contributed by atoms with Crippen LogP contribution < -0.4 is 5.32 Å². The van der Waals surface area contributed by atoms with Crippen molar-refractivity contribution in [3.8, 4) is 0 Å². The number of rotatable bonds is 8. The van der Waals surface area contributed by atoms with Crippen LogP contribution in [0.5, 0.6) is 0 Å². The highest BCUT2D eigenvalue weighted by Crippen LogP contribution is 2.33. The minimum Gasteiger partial charge on any atom is -0.439 e. The van der Waals surface area contributed by atoms with Crippen LogP contribution in [0, 0.1) is 0 Å². The normalized spacial score (nSPS) is 11.3. The zero-order valence-electron chi connectivity index (χ0n) is 22.7. The van der Waals surface area contributed by atoms with Gasteiger partial charge in [0.2, 0.25) is 0 Å². The fourth-order valence-corrected chi connectivity index (χ4v) is 5.61. The maximum atomic E-state index is 13.0. The number of esters is 1. The molecular weight excluding hydrogens is 544 g/mol. The van der Waals surface area contributed by atoms with Crippen LogP contribution in [0.4, 0.5) is 0 Å². The highest BCUT2D eigenvalue weighted by atomic mass is 32.2. The van der Waals surface area contributed by atoms with Crippen molar-refractivity contribution in [1.82, 2.24) is 20.1 Å². The molecule has 0 aliphatic heterocycles. The monoisotopic (exact) mass is 570 g/mol. The summed E-state index contributed by atoms with van der Waals surface area (Å²) in [5.74, 6) is -0.577. The fourth-order valence-electron chi connectivity index (χ4n) is 4.63. The smallest absolute Gasteiger partial charge is 0.339 e. The zero-order chi connectivity index (χ0) is 28.9. The van der Waals surface area contributed by atoms with Crippen LogP contribution in [0.25, 0.3) is 33.8 Å². The summed E-state index contributed by atoms with van der Waals surface area (Å²) in [6.45, 7) is -0.0669. The van der Waals surface area contributed by atoms with E-state index in [0.717, 1.165) is 42.9 Å². The van der Waals surface area contributed by atoms with Gasteiger partial charge in [-0.3, -0.25) is 9.78 Å². The molecule has 1 N–H and O–H groups in total. The Bertz CT molecular complexity index is 1950. The Kier molecular flexibility index (Phi) is 7.79. The quantitative estimate of drug-likeness (QED) is 0.197. The van der Waals surface area contributed by atoms with Crippen molar-refractivity contribution >= 4 is 57.5 Å². The number of hydrogen-bond acceptors (Lipinski definition) is 6. The van der Waals surface area contributed by atoms with E-state index < -0.39 is 5.97 Å². The van der Waals surface area contributed by atoms with Crippen LogP contribution in [-0.4, -0.2) is 33.7 Å². The van der Waals surface area contributed by atoms with Gasteiger partial charge in [0.05, 0.1) is 28.0 Å². The number of hydrogen-bond donors (Lipinski definition) is 1. The molecule has 4 aromatic carbocycles. The number of ether oxygens (including phenoxy) is 1. The number of nitrogens with one attached hydrogen (secondary N) is 1. The molecule has 0 aliphatic carbocycles. The summed E-state index contributed by atoms with van der Waals surface area (Å²) in [5, 5.41) is 10.4. The molecule has 1 amide bonds. The van der Waals surface area contributed by atoms with Crippen LogP contribution >= 0.6 is 11.8 Å². The predicted molar refractivity (Wildman–Crippen MR) is 166 cm³/mol. The molecule has 0 fully saturated rings. The minimum atomic E-state index is -0.431. The van der Waals surface area contributed by atoms with Crippen LogP contribution in [0.3, 0.4) is 0 Å². The molecule has 2 heterocycles. The van der Waals surface area contributed by atoms with Crippen LogP contribution in [0.2, 0.25) is 0 Å².